The largest absolute Gasteiger partial charge is 0.496 e. The first-order valence-corrected chi connectivity index (χ1v) is 9.54. The second kappa shape index (κ2) is 5.40. The van der Waals surface area contributed by atoms with Crippen LogP contribution in [-0.4, -0.2) is 7.11 Å². The molecule has 0 aromatic heterocycles. The summed E-state index contributed by atoms with van der Waals surface area (Å²) in [6.45, 7) is 0. The van der Waals surface area contributed by atoms with Gasteiger partial charge in [0, 0.05) is 22.3 Å². The lowest BCUT2D eigenvalue weighted by Crippen LogP contribution is -2.23. The van der Waals surface area contributed by atoms with E-state index in [1.165, 1.54) is 0 Å². The van der Waals surface area contributed by atoms with E-state index in [4.69, 9.17) is 4.74 Å². The monoisotopic (exact) mass is 320 g/mol. The fourth-order valence-electron chi connectivity index (χ4n) is 3.41. The number of ether oxygens (including phenoxy) is 1. The van der Waals surface area contributed by atoms with Crippen LogP contribution in [0.15, 0.2) is 72.8 Å². The Morgan fingerprint density at radius 3 is 2.39 bits per heavy atom. The normalized spacial score (nSPS) is 18.8. The first kappa shape index (κ1) is 14.3. The summed E-state index contributed by atoms with van der Waals surface area (Å²) in [5, 5.41) is 1.85. The van der Waals surface area contributed by atoms with E-state index in [0.29, 0.717) is 6.16 Å². The highest BCUT2D eigenvalue weighted by atomic mass is 31.2. The van der Waals surface area contributed by atoms with Crippen molar-refractivity contribution in [3.05, 3.63) is 78.4 Å². The zero-order valence-electron chi connectivity index (χ0n) is 12.9. The summed E-state index contributed by atoms with van der Waals surface area (Å²) in [4.78, 5) is 0. The summed E-state index contributed by atoms with van der Waals surface area (Å²) in [6, 6.07) is 23.8. The predicted octanol–water partition coefficient (Wildman–Crippen LogP) is 4.19. The number of fused-ring (bicyclic) bond motifs is 3. The van der Waals surface area contributed by atoms with Crippen LogP contribution in [0.2, 0.25) is 0 Å². The Morgan fingerprint density at radius 1 is 0.870 bits per heavy atom. The third kappa shape index (κ3) is 2.14. The van der Waals surface area contributed by atoms with Gasteiger partial charge in [0.25, 0.3) is 0 Å². The molecule has 3 aromatic carbocycles. The van der Waals surface area contributed by atoms with Crippen molar-refractivity contribution in [1.29, 1.82) is 0 Å². The smallest absolute Gasteiger partial charge is 0.148 e. The number of hydrogen-bond acceptors (Lipinski definition) is 2. The molecular weight excluding hydrogens is 303 g/mol. The Hall–Kier alpha value is -2.31. The summed E-state index contributed by atoms with van der Waals surface area (Å²) in [5.74, 6) is 0.842. The molecule has 1 unspecified atom stereocenters. The van der Waals surface area contributed by atoms with Crippen LogP contribution in [0.5, 0.6) is 5.75 Å². The quantitative estimate of drug-likeness (QED) is 0.662. The molecule has 1 atom stereocenters. The van der Waals surface area contributed by atoms with Crippen molar-refractivity contribution >= 4 is 17.8 Å². The number of hydrogen-bond donors (Lipinski definition) is 0. The second-order valence-corrected chi connectivity index (χ2v) is 8.54. The van der Waals surface area contributed by atoms with E-state index < -0.39 is 7.14 Å². The third-order valence-corrected chi connectivity index (χ3v) is 7.55. The van der Waals surface area contributed by atoms with Crippen LogP contribution in [0.25, 0.3) is 11.1 Å². The van der Waals surface area contributed by atoms with Gasteiger partial charge in [0.15, 0.2) is 0 Å². The molecule has 0 fully saturated rings. The second-order valence-electron chi connectivity index (χ2n) is 5.74. The Morgan fingerprint density at radius 2 is 1.61 bits per heavy atom. The van der Waals surface area contributed by atoms with E-state index in [1.54, 1.807) is 7.11 Å². The molecule has 0 N–H and O–H groups in total. The highest BCUT2D eigenvalue weighted by molar-refractivity contribution is 7.78. The topological polar surface area (TPSA) is 26.3 Å². The molecule has 3 aromatic rings. The van der Waals surface area contributed by atoms with Gasteiger partial charge in [0.05, 0.1) is 7.11 Å². The summed E-state index contributed by atoms with van der Waals surface area (Å²) < 4.78 is 19.5. The molecule has 3 heteroatoms. The van der Waals surface area contributed by atoms with Gasteiger partial charge >= 0.3 is 0 Å². The standard InChI is InChI=1S/C20H17O2P/c1-22-18-12-7-8-15-14-23(21,16-9-3-2-4-10-16)19-13-6-5-11-17(19)20(15)18/h2-13H,14H2,1H3. The number of rotatable bonds is 2. The molecule has 0 saturated carbocycles. The maximum atomic E-state index is 14.0. The molecule has 0 saturated heterocycles. The van der Waals surface area contributed by atoms with E-state index in [-0.39, 0.29) is 0 Å². The van der Waals surface area contributed by atoms with E-state index >= 15 is 0 Å². The lowest BCUT2D eigenvalue weighted by molar-refractivity contribution is 0.416. The lowest BCUT2D eigenvalue weighted by Gasteiger charge is -2.29. The summed E-state index contributed by atoms with van der Waals surface area (Å²) in [7, 11) is -0.990. The van der Waals surface area contributed by atoms with Crippen LogP contribution in [-0.2, 0) is 10.7 Å². The van der Waals surface area contributed by atoms with Gasteiger partial charge in [0.2, 0.25) is 0 Å². The van der Waals surface area contributed by atoms with Gasteiger partial charge in [-0.25, -0.2) is 0 Å². The molecule has 1 heterocycles. The molecule has 2 nitrogen and oxygen atoms in total. The van der Waals surface area contributed by atoms with Gasteiger partial charge in [-0.3, -0.25) is 0 Å². The minimum atomic E-state index is -2.67. The molecule has 0 spiro atoms. The Balaban J connectivity index is 2.04. The van der Waals surface area contributed by atoms with Gasteiger partial charge in [-0.15, -0.1) is 0 Å². The number of methoxy groups -OCH3 is 1. The first-order valence-electron chi connectivity index (χ1n) is 7.64. The predicted molar refractivity (Wildman–Crippen MR) is 95.5 cm³/mol. The minimum Gasteiger partial charge on any atom is -0.496 e. The average Bonchev–Trinajstić information content (AvgIpc) is 2.62. The first-order chi connectivity index (χ1) is 11.2. The van der Waals surface area contributed by atoms with Gasteiger partial charge in [-0.2, -0.15) is 0 Å². The fraction of sp³-hybridized carbons (Fsp3) is 0.100. The van der Waals surface area contributed by atoms with E-state index in [0.717, 1.165) is 33.0 Å². The minimum absolute atomic E-state index is 0.542. The highest BCUT2D eigenvalue weighted by Gasteiger charge is 2.36. The van der Waals surface area contributed by atoms with Crippen LogP contribution in [0, 0.1) is 0 Å². The van der Waals surface area contributed by atoms with Crippen molar-refractivity contribution < 1.29 is 9.30 Å². The molecule has 0 radical (unpaired) electrons. The Labute approximate surface area is 136 Å². The molecule has 0 bridgehead atoms. The summed E-state index contributed by atoms with van der Waals surface area (Å²) >= 11 is 0. The van der Waals surface area contributed by atoms with Gasteiger partial charge in [-0.05, 0) is 17.2 Å². The molecule has 1 aliphatic rings. The van der Waals surface area contributed by atoms with Crippen LogP contribution in [0.3, 0.4) is 0 Å². The zero-order chi connectivity index (χ0) is 15.9. The van der Waals surface area contributed by atoms with Crippen LogP contribution in [0.1, 0.15) is 5.56 Å². The highest BCUT2D eigenvalue weighted by Crippen LogP contribution is 2.55. The Kier molecular flexibility index (Phi) is 3.36. The zero-order valence-corrected chi connectivity index (χ0v) is 13.8. The van der Waals surface area contributed by atoms with E-state index in [9.17, 15) is 4.57 Å². The molecule has 23 heavy (non-hydrogen) atoms. The lowest BCUT2D eigenvalue weighted by atomic mass is 9.99. The van der Waals surface area contributed by atoms with Crippen molar-refractivity contribution in [3.8, 4) is 16.9 Å². The molecule has 0 amide bonds. The third-order valence-electron chi connectivity index (χ3n) is 4.46. The maximum absolute atomic E-state index is 14.0. The molecule has 0 aliphatic carbocycles. The van der Waals surface area contributed by atoms with Crippen molar-refractivity contribution in [2.75, 3.05) is 7.11 Å². The summed E-state index contributed by atoms with van der Waals surface area (Å²) in [5.41, 5.74) is 3.20. The van der Waals surface area contributed by atoms with Gasteiger partial charge in [-0.1, -0.05) is 66.7 Å². The van der Waals surface area contributed by atoms with E-state index in [1.807, 2.05) is 66.7 Å². The fourth-order valence-corrected chi connectivity index (χ4v) is 6.34. The SMILES string of the molecule is COc1cccc2c1-c1ccccc1P(=O)(c1ccccc1)C2. The molecule has 114 valence electrons. The maximum Gasteiger partial charge on any atom is 0.148 e. The van der Waals surface area contributed by atoms with Crippen molar-refractivity contribution in [1.82, 2.24) is 0 Å². The Bertz CT molecular complexity index is 916. The van der Waals surface area contributed by atoms with Crippen LogP contribution >= 0.6 is 7.14 Å². The van der Waals surface area contributed by atoms with Crippen molar-refractivity contribution in [3.63, 3.8) is 0 Å². The molecule has 4 rings (SSSR count). The van der Waals surface area contributed by atoms with E-state index in [2.05, 4.69) is 6.07 Å². The molecular formula is C20H17O2P. The summed E-state index contributed by atoms with van der Waals surface area (Å²) in [6.07, 6.45) is 0.542. The van der Waals surface area contributed by atoms with Crippen molar-refractivity contribution in [2.45, 2.75) is 6.16 Å². The molecule has 1 aliphatic heterocycles. The van der Waals surface area contributed by atoms with Crippen molar-refractivity contribution in [2.24, 2.45) is 0 Å². The average molecular weight is 320 g/mol. The number of benzene rings is 3. The van der Waals surface area contributed by atoms with Crippen LogP contribution in [0.4, 0.5) is 0 Å². The van der Waals surface area contributed by atoms with Gasteiger partial charge < -0.3 is 9.30 Å². The van der Waals surface area contributed by atoms with Crippen LogP contribution < -0.4 is 15.3 Å². The van der Waals surface area contributed by atoms with Gasteiger partial charge in [0.1, 0.15) is 12.9 Å².